The maximum atomic E-state index is 9.93. The molecule has 1 N–H and O–H groups in total. The van der Waals surface area contributed by atoms with E-state index in [2.05, 4.69) is 4.74 Å². The van der Waals surface area contributed by atoms with Gasteiger partial charge in [-0.2, -0.15) is 0 Å². The lowest BCUT2D eigenvalue weighted by Gasteiger charge is -1.74. The van der Waals surface area contributed by atoms with Gasteiger partial charge in [0.05, 0.1) is 7.45 Å². The van der Waals surface area contributed by atoms with Gasteiger partial charge in [-0.15, -0.1) is 0 Å². The molecule has 0 spiro atoms. The smallest absolute Gasteiger partial charge is 0.335 e. The number of carbonyl (C=O) groups is 1. The van der Waals surface area contributed by atoms with E-state index >= 15 is 0 Å². The quantitative estimate of drug-likeness (QED) is 0.471. The maximum Gasteiger partial charge on any atom is 0.335 e. The van der Waals surface area contributed by atoms with Crippen LogP contribution < -0.4 is 0 Å². The van der Waals surface area contributed by atoms with Crippen LogP contribution in [0, 0.1) is 0 Å². The first-order valence-corrected chi connectivity index (χ1v) is 1.94. The second-order valence-electron chi connectivity index (χ2n) is 1.45. The van der Waals surface area contributed by atoms with Gasteiger partial charge in [-0.1, -0.05) is 0 Å². The molecule has 0 saturated carbocycles. The van der Waals surface area contributed by atoms with Crippen LogP contribution in [0.2, 0.25) is 0 Å². The number of epoxide rings is 1. The van der Waals surface area contributed by atoms with Gasteiger partial charge in [-0.25, -0.2) is 4.79 Å². The second kappa shape index (κ2) is 1.20. The molecule has 3 heteroatoms. The predicted molar refractivity (Wildman–Crippen MR) is 22.0 cm³/mol. The van der Waals surface area contributed by atoms with Gasteiger partial charge in [-0.05, 0) is 6.92 Å². The van der Waals surface area contributed by atoms with Gasteiger partial charge in [-0.3, -0.25) is 0 Å². The first kappa shape index (κ1) is 3.43. The van der Waals surface area contributed by atoms with Crippen LogP contribution in [0.5, 0.6) is 0 Å². The molecule has 0 aromatic heterocycles. The Bertz CT molecular complexity index is 131. The minimum absolute atomic E-state index is 0.900. The fraction of sp³-hybridized carbons (Fsp3) is 0.750. The Labute approximate surface area is 42.3 Å². The first-order valence-electron chi connectivity index (χ1n) is 2.44. The summed E-state index contributed by atoms with van der Waals surface area (Å²) >= 11 is 0. The Kier molecular flexibility index (Phi) is 0.588. The van der Waals surface area contributed by atoms with Gasteiger partial charge in [0.25, 0.3) is 0 Å². The monoisotopic (exact) mass is 104 g/mol. The zero-order valence-electron chi connectivity index (χ0n) is 4.84. The van der Waals surface area contributed by atoms with Gasteiger partial charge in [0, 0.05) is 0 Å². The van der Waals surface area contributed by atoms with Crippen LogP contribution in [-0.4, -0.2) is 23.3 Å². The third kappa shape index (κ3) is 0.718. The van der Waals surface area contributed by atoms with Crippen molar-refractivity contribution in [3.63, 3.8) is 0 Å². The highest BCUT2D eigenvalue weighted by molar-refractivity contribution is 5.75. The van der Waals surface area contributed by atoms with Gasteiger partial charge < -0.3 is 9.84 Å². The zero-order valence-corrected chi connectivity index (χ0v) is 3.84. The van der Waals surface area contributed by atoms with Gasteiger partial charge in [0.1, 0.15) is 0 Å². The van der Waals surface area contributed by atoms with Crippen molar-refractivity contribution in [3.8, 4) is 0 Å². The number of aliphatic carboxylic acids is 1. The topological polar surface area (TPSA) is 49.8 Å². The minimum atomic E-state index is -1.16. The van der Waals surface area contributed by atoms with E-state index in [9.17, 15) is 4.79 Å². The summed E-state index contributed by atoms with van der Waals surface area (Å²) in [6, 6.07) is 0. The maximum absolute atomic E-state index is 9.93. The van der Waals surface area contributed by atoms with Crippen LogP contribution in [-0.2, 0) is 9.53 Å². The van der Waals surface area contributed by atoms with E-state index < -0.39 is 18.2 Å². The van der Waals surface area contributed by atoms with Crippen molar-refractivity contribution in [2.75, 3.05) is 0 Å². The van der Waals surface area contributed by atoms with Crippen molar-refractivity contribution in [3.05, 3.63) is 0 Å². The van der Waals surface area contributed by atoms with Gasteiger partial charge in [0.15, 0.2) is 6.10 Å². The third-order valence-corrected chi connectivity index (χ3v) is 0.840. The summed E-state index contributed by atoms with van der Waals surface area (Å²) in [5.41, 5.74) is 0. The highest BCUT2D eigenvalue weighted by Crippen LogP contribution is 2.20. The molecule has 1 rings (SSSR count). The Morgan fingerprint density at radius 2 is 2.57 bits per heavy atom. The lowest BCUT2D eigenvalue weighted by Crippen LogP contribution is -2.05. The number of carboxylic acid groups (broad SMARTS) is 1. The second-order valence-corrected chi connectivity index (χ2v) is 1.45. The molecule has 1 aliphatic heterocycles. The molecule has 0 aromatic carbocycles. The average Bonchev–Trinajstić information content (AvgIpc) is 2.13. The number of ether oxygens (including phenoxy) is 1. The third-order valence-electron chi connectivity index (χ3n) is 0.840. The lowest BCUT2D eigenvalue weighted by atomic mass is 10.4. The Balaban J connectivity index is 2.48. The molecule has 1 saturated heterocycles. The summed E-state index contributed by atoms with van der Waals surface area (Å²) in [6.07, 6.45) is -2.06. The van der Waals surface area contributed by atoms with Crippen molar-refractivity contribution in [2.24, 2.45) is 0 Å². The Hall–Kier alpha value is -0.570. The lowest BCUT2D eigenvalue weighted by molar-refractivity contribution is -0.138. The summed E-state index contributed by atoms with van der Waals surface area (Å²) < 4.78 is 11.4. The van der Waals surface area contributed by atoms with Crippen molar-refractivity contribution in [1.82, 2.24) is 0 Å². The number of hydrogen-bond donors (Lipinski definition) is 1. The molecule has 0 unspecified atom stereocenters. The van der Waals surface area contributed by atoms with Crippen LogP contribution in [0.15, 0.2) is 0 Å². The number of rotatable bonds is 1. The van der Waals surface area contributed by atoms with Gasteiger partial charge >= 0.3 is 5.97 Å². The molecule has 40 valence electrons. The molecule has 0 aromatic rings. The van der Waals surface area contributed by atoms with E-state index in [1.165, 1.54) is 6.92 Å². The van der Waals surface area contributed by atoms with Crippen LogP contribution >= 0.6 is 0 Å². The summed E-state index contributed by atoms with van der Waals surface area (Å²) in [4.78, 5) is 9.93. The summed E-state index contributed by atoms with van der Waals surface area (Å²) in [7, 11) is 0. The molecule has 2 atom stereocenters. The number of carboxylic acids is 1. The normalized spacial score (nSPS) is 50.4. The standard InChI is InChI=1S/C4H6O3/c1-2-3(7-2)4(5)6/h2-3H,1H3,(H,5,6)/t2-,3+/m0/s1/i2T. The molecule has 0 bridgehead atoms. The highest BCUT2D eigenvalue weighted by atomic mass is 16.6. The van der Waals surface area contributed by atoms with Crippen molar-refractivity contribution in [2.45, 2.75) is 19.1 Å². The molecule has 0 amide bonds. The van der Waals surface area contributed by atoms with Crippen molar-refractivity contribution in [1.29, 1.82) is 0 Å². The Morgan fingerprint density at radius 1 is 2.14 bits per heavy atom. The molecule has 0 radical (unpaired) electrons. The van der Waals surface area contributed by atoms with Crippen LogP contribution in [0.3, 0.4) is 0 Å². The van der Waals surface area contributed by atoms with Crippen LogP contribution in [0.25, 0.3) is 0 Å². The van der Waals surface area contributed by atoms with E-state index in [-0.39, 0.29) is 0 Å². The molecule has 1 heterocycles. The van der Waals surface area contributed by atoms with Crippen LogP contribution in [0.4, 0.5) is 0 Å². The van der Waals surface area contributed by atoms with Gasteiger partial charge in [0.2, 0.25) is 0 Å². The largest absolute Gasteiger partial charge is 0.479 e. The fourth-order valence-corrected chi connectivity index (χ4v) is 0.376. The van der Waals surface area contributed by atoms with Crippen molar-refractivity contribution < 1.29 is 16.0 Å². The summed E-state index contributed by atoms with van der Waals surface area (Å²) in [5, 5.41) is 8.14. The highest BCUT2D eigenvalue weighted by Gasteiger charge is 2.40. The molecular weight excluding hydrogens is 96.0 g/mol. The molecule has 1 fully saturated rings. The van der Waals surface area contributed by atoms with E-state index in [1.807, 2.05) is 0 Å². The molecule has 1 aliphatic rings. The molecule has 3 nitrogen and oxygen atoms in total. The summed E-state index contributed by atoms with van der Waals surface area (Å²) in [5.74, 6) is -1.05. The SMILES string of the molecule is [3H][C@@]1(C)O[C@H]1C(=O)O. The molecule has 0 aliphatic carbocycles. The average molecular weight is 104 g/mol. The zero-order chi connectivity index (χ0) is 6.36. The van der Waals surface area contributed by atoms with Crippen molar-refractivity contribution >= 4 is 5.97 Å². The first-order chi connectivity index (χ1) is 3.54. The molecule has 7 heavy (non-hydrogen) atoms. The fourth-order valence-electron chi connectivity index (χ4n) is 0.376. The number of hydrogen-bond acceptors (Lipinski definition) is 2. The minimum Gasteiger partial charge on any atom is -0.479 e. The van der Waals surface area contributed by atoms with E-state index in [0.717, 1.165) is 0 Å². The van der Waals surface area contributed by atoms with E-state index in [4.69, 9.17) is 6.48 Å². The van der Waals surface area contributed by atoms with Crippen LogP contribution in [0.1, 0.15) is 8.29 Å². The summed E-state index contributed by atoms with van der Waals surface area (Å²) in [6.45, 7) is 1.42. The molecular formula is C4H6O3. The van der Waals surface area contributed by atoms with E-state index in [0.29, 0.717) is 0 Å². The van der Waals surface area contributed by atoms with E-state index in [1.54, 1.807) is 0 Å². The predicted octanol–water partition coefficient (Wildman–Crippen LogP) is -0.142. The Morgan fingerprint density at radius 3 is 2.57 bits per heavy atom.